The van der Waals surface area contributed by atoms with Gasteiger partial charge in [0, 0.05) is 49.3 Å². The number of aromatic nitrogens is 3. The number of hydrogen-bond donors (Lipinski definition) is 0. The standard InChI is InChI=1S/C49H56N4O2/c1-44(2,3)32-16-19-39-38(26-32)37-18-17-35(28-40(37)53(39)41-27-33(20-22-50-41)45(4,5)6)54-36-24-31(23-34(25-36)46(7,8)9)43-52-48(13)42-30(15-14-21-51-42)29-49(48,55-43)47(10,11)12/h14-28H,29H2,1-13H3/t48-,49-/m1/s1/i29D2. The van der Waals surface area contributed by atoms with Crippen LogP contribution in [-0.2, 0) is 32.9 Å². The summed E-state index contributed by atoms with van der Waals surface area (Å²) in [6, 6.07) is 27.1. The van der Waals surface area contributed by atoms with Gasteiger partial charge in [-0.25, -0.2) is 9.98 Å². The molecule has 55 heavy (non-hydrogen) atoms. The molecule has 0 unspecified atom stereocenters. The summed E-state index contributed by atoms with van der Waals surface area (Å²) < 4.78 is 35.2. The maximum atomic E-state index is 9.58. The second kappa shape index (κ2) is 12.0. The fraction of sp³-hybridized carbons (Fsp3) is 0.408. The minimum atomic E-state index is -1.86. The molecule has 0 bridgehead atoms. The van der Waals surface area contributed by atoms with Crippen LogP contribution in [0.1, 0.15) is 126 Å². The molecule has 2 atom stereocenters. The number of aliphatic imine (C=N–C) groups is 1. The van der Waals surface area contributed by atoms with Crippen LogP contribution in [0.3, 0.4) is 0 Å². The third-order valence-corrected chi connectivity index (χ3v) is 11.6. The summed E-state index contributed by atoms with van der Waals surface area (Å²) in [7, 11) is 0. The minimum absolute atomic E-state index is 0.00943. The molecule has 0 radical (unpaired) electrons. The summed E-state index contributed by atoms with van der Waals surface area (Å²) >= 11 is 0. The van der Waals surface area contributed by atoms with Gasteiger partial charge in [-0.2, -0.15) is 0 Å². The molecule has 6 aromatic rings. The predicted molar refractivity (Wildman–Crippen MR) is 226 cm³/mol. The maximum absolute atomic E-state index is 9.58. The second-order valence-corrected chi connectivity index (χ2v) is 19.8. The summed E-state index contributed by atoms with van der Waals surface area (Å²) in [6.45, 7) is 28.0. The molecular formula is C49H56N4O2. The van der Waals surface area contributed by atoms with Crippen molar-refractivity contribution in [3.05, 3.63) is 125 Å². The predicted octanol–water partition coefficient (Wildman–Crippen LogP) is 12.3. The van der Waals surface area contributed by atoms with E-state index in [4.69, 9.17) is 24.4 Å². The summed E-state index contributed by atoms with van der Waals surface area (Å²) in [5, 5.41) is 2.29. The molecule has 3 aromatic carbocycles. The Kier molecular flexibility index (Phi) is 7.54. The molecule has 4 heterocycles. The Bertz CT molecular complexity index is 2630. The van der Waals surface area contributed by atoms with Crippen LogP contribution in [0.25, 0.3) is 27.6 Å². The first kappa shape index (κ1) is 34.5. The van der Waals surface area contributed by atoms with Gasteiger partial charge in [-0.05, 0) is 106 Å². The van der Waals surface area contributed by atoms with Crippen molar-refractivity contribution in [1.29, 1.82) is 0 Å². The molecule has 0 fully saturated rings. The number of hydrogen-bond acceptors (Lipinski definition) is 5. The lowest BCUT2D eigenvalue weighted by Crippen LogP contribution is -2.54. The van der Waals surface area contributed by atoms with E-state index in [9.17, 15) is 2.74 Å². The van der Waals surface area contributed by atoms with Gasteiger partial charge in [0.15, 0.2) is 5.60 Å². The van der Waals surface area contributed by atoms with E-state index in [-0.39, 0.29) is 16.2 Å². The maximum Gasteiger partial charge on any atom is 0.217 e. The van der Waals surface area contributed by atoms with Gasteiger partial charge in [0.2, 0.25) is 5.90 Å². The smallest absolute Gasteiger partial charge is 0.217 e. The van der Waals surface area contributed by atoms with Crippen LogP contribution in [0.5, 0.6) is 11.5 Å². The Labute approximate surface area is 329 Å². The van der Waals surface area contributed by atoms with Crippen LogP contribution in [0, 0.1) is 5.41 Å². The van der Waals surface area contributed by atoms with Crippen molar-refractivity contribution in [2.24, 2.45) is 10.4 Å². The molecule has 0 spiro atoms. The average molecular weight is 735 g/mol. The van der Waals surface area contributed by atoms with E-state index in [1.165, 1.54) is 16.5 Å². The lowest BCUT2D eigenvalue weighted by atomic mass is 9.67. The lowest BCUT2D eigenvalue weighted by Gasteiger charge is -2.45. The van der Waals surface area contributed by atoms with Crippen molar-refractivity contribution in [1.82, 2.24) is 14.5 Å². The van der Waals surface area contributed by atoms with Crippen LogP contribution < -0.4 is 4.74 Å². The van der Waals surface area contributed by atoms with Crippen molar-refractivity contribution < 1.29 is 12.2 Å². The van der Waals surface area contributed by atoms with Gasteiger partial charge in [-0.15, -0.1) is 0 Å². The normalized spacial score (nSPS) is 21.5. The SMILES string of the molecule is [2H]C1([2H])c2cccnc2[C@@]2(C)N=C(c3cc(Oc4ccc5c6cc(C(C)(C)C)ccc6n(-c6cc(C(C)(C)C)ccn6)c5c4)cc(C(C)(C)C)c3)O[C@@]12C(C)(C)C. The van der Waals surface area contributed by atoms with E-state index in [0.717, 1.165) is 33.4 Å². The van der Waals surface area contributed by atoms with Crippen molar-refractivity contribution >= 4 is 27.7 Å². The van der Waals surface area contributed by atoms with Gasteiger partial charge in [-0.3, -0.25) is 9.55 Å². The molecule has 0 amide bonds. The number of benzene rings is 3. The molecule has 1 aliphatic carbocycles. The lowest BCUT2D eigenvalue weighted by molar-refractivity contribution is -0.0681. The summed E-state index contributed by atoms with van der Waals surface area (Å²) in [5.74, 6) is 2.57. The van der Waals surface area contributed by atoms with E-state index in [1.54, 1.807) is 12.3 Å². The number of pyridine rings is 2. The second-order valence-electron chi connectivity index (χ2n) is 19.8. The Hall–Kier alpha value is -4.97. The Morgan fingerprint density at radius 1 is 0.673 bits per heavy atom. The van der Waals surface area contributed by atoms with Gasteiger partial charge in [0.1, 0.15) is 22.9 Å². The van der Waals surface area contributed by atoms with Gasteiger partial charge in [0.05, 0.1) is 16.7 Å². The van der Waals surface area contributed by atoms with Crippen LogP contribution in [0.15, 0.2) is 96.2 Å². The topological polar surface area (TPSA) is 61.5 Å². The zero-order chi connectivity index (χ0) is 41.3. The van der Waals surface area contributed by atoms with Crippen molar-refractivity contribution in [2.75, 3.05) is 0 Å². The number of rotatable bonds is 4. The molecule has 6 nitrogen and oxygen atoms in total. The quantitative estimate of drug-likeness (QED) is 0.181. The number of nitrogens with zero attached hydrogens (tertiary/aromatic N) is 4. The highest BCUT2D eigenvalue weighted by Crippen LogP contribution is 2.59. The first-order valence-corrected chi connectivity index (χ1v) is 19.5. The van der Waals surface area contributed by atoms with E-state index in [0.29, 0.717) is 28.7 Å². The fourth-order valence-electron chi connectivity index (χ4n) is 8.33. The molecule has 284 valence electrons. The van der Waals surface area contributed by atoms with Crippen molar-refractivity contribution in [3.8, 4) is 17.3 Å². The molecule has 1 aliphatic heterocycles. The Morgan fingerprint density at radius 3 is 2.07 bits per heavy atom. The van der Waals surface area contributed by atoms with Crippen molar-refractivity contribution in [2.45, 2.75) is 124 Å². The zero-order valence-corrected chi connectivity index (χ0v) is 34.8. The third kappa shape index (κ3) is 5.95. The monoisotopic (exact) mass is 734 g/mol. The molecule has 6 heteroatoms. The highest BCUT2D eigenvalue weighted by atomic mass is 16.5. The van der Waals surface area contributed by atoms with Crippen LogP contribution in [0.4, 0.5) is 0 Å². The Morgan fingerprint density at radius 2 is 1.38 bits per heavy atom. The summed E-state index contributed by atoms with van der Waals surface area (Å²) in [4.78, 5) is 14.9. The molecule has 3 aromatic heterocycles. The highest BCUT2D eigenvalue weighted by molar-refractivity contribution is 6.10. The highest BCUT2D eigenvalue weighted by Gasteiger charge is 2.67. The van der Waals surface area contributed by atoms with Crippen LogP contribution in [0.2, 0.25) is 0 Å². The average Bonchev–Trinajstić information content (AvgIpc) is 3.68. The number of fused-ring (bicyclic) bond motifs is 6. The molecule has 8 rings (SSSR count). The molecular weight excluding hydrogens is 677 g/mol. The first-order valence-electron chi connectivity index (χ1n) is 20.5. The van der Waals surface area contributed by atoms with Crippen LogP contribution >= 0.6 is 0 Å². The van der Waals surface area contributed by atoms with E-state index in [2.05, 4.69) is 121 Å². The zero-order valence-electron chi connectivity index (χ0n) is 36.8. The minimum Gasteiger partial charge on any atom is -0.467 e. The van der Waals surface area contributed by atoms with E-state index < -0.39 is 22.9 Å². The summed E-state index contributed by atoms with van der Waals surface area (Å²) in [5.41, 5.74) is 4.15. The van der Waals surface area contributed by atoms with Gasteiger partial charge in [0.25, 0.3) is 0 Å². The molecule has 0 N–H and O–H groups in total. The fourth-order valence-corrected chi connectivity index (χ4v) is 8.33. The van der Waals surface area contributed by atoms with E-state index in [1.807, 2.05) is 52.1 Å². The van der Waals surface area contributed by atoms with Crippen LogP contribution in [-0.4, -0.2) is 26.0 Å². The molecule has 2 aliphatic rings. The third-order valence-electron chi connectivity index (χ3n) is 11.6. The van der Waals surface area contributed by atoms with Gasteiger partial charge >= 0.3 is 0 Å². The van der Waals surface area contributed by atoms with Gasteiger partial charge in [-0.1, -0.05) is 95.2 Å². The molecule has 0 saturated heterocycles. The van der Waals surface area contributed by atoms with E-state index >= 15 is 0 Å². The first-order chi connectivity index (χ1) is 26.4. The van der Waals surface area contributed by atoms with Gasteiger partial charge < -0.3 is 9.47 Å². The Balaban J connectivity index is 1.28. The summed E-state index contributed by atoms with van der Waals surface area (Å²) in [6.07, 6.45) is 1.76. The number of ether oxygens (including phenoxy) is 2. The molecule has 0 saturated carbocycles. The largest absolute Gasteiger partial charge is 0.467 e. The van der Waals surface area contributed by atoms with Crippen molar-refractivity contribution in [3.63, 3.8) is 0 Å².